The molecule has 0 spiro atoms. The summed E-state index contributed by atoms with van der Waals surface area (Å²) in [5, 5.41) is 0. The Kier molecular flexibility index (Phi) is 7.40. The van der Waals surface area contributed by atoms with Crippen molar-refractivity contribution in [3.8, 4) is 45.3 Å². The van der Waals surface area contributed by atoms with Gasteiger partial charge in [0.1, 0.15) is 23.9 Å². The lowest BCUT2D eigenvalue weighted by molar-refractivity contribution is 0.286. The van der Waals surface area contributed by atoms with Crippen molar-refractivity contribution >= 4 is 10.1 Å². The van der Waals surface area contributed by atoms with Crippen molar-refractivity contribution in [2.24, 2.45) is 0 Å². The molecule has 0 aliphatic carbocycles. The molecule has 1 heterocycles. The maximum atomic E-state index is 14.9. The van der Waals surface area contributed by atoms with Gasteiger partial charge in [0.15, 0.2) is 11.6 Å². The van der Waals surface area contributed by atoms with Gasteiger partial charge in [0.25, 0.3) is 0 Å². The lowest BCUT2D eigenvalue weighted by Crippen LogP contribution is -2.05. The van der Waals surface area contributed by atoms with Crippen molar-refractivity contribution in [3.63, 3.8) is 0 Å². The first-order valence-corrected chi connectivity index (χ1v) is 12.7. The molecule has 0 radical (unpaired) electrons. The van der Waals surface area contributed by atoms with Gasteiger partial charge < -0.3 is 18.4 Å². The van der Waals surface area contributed by atoms with Crippen molar-refractivity contribution in [3.05, 3.63) is 90.5 Å². The highest BCUT2D eigenvalue weighted by Gasteiger charge is 2.17. The fraction of sp³-hybridized carbons (Fsp3) is 0.148. The van der Waals surface area contributed by atoms with E-state index >= 15 is 0 Å². The summed E-state index contributed by atoms with van der Waals surface area (Å²) in [5.74, 6) is 0.824. The van der Waals surface area contributed by atoms with Gasteiger partial charge in [0.2, 0.25) is 0 Å². The lowest BCUT2D eigenvalue weighted by atomic mass is 9.97. The van der Waals surface area contributed by atoms with Crippen LogP contribution in [-0.2, 0) is 16.7 Å². The third-order valence-electron chi connectivity index (χ3n) is 5.28. The predicted octanol–water partition coefficient (Wildman–Crippen LogP) is 5.49. The van der Waals surface area contributed by atoms with E-state index in [0.29, 0.717) is 33.9 Å². The zero-order valence-electron chi connectivity index (χ0n) is 19.9. The number of pyridine rings is 1. The Balaban J connectivity index is 1.63. The summed E-state index contributed by atoms with van der Waals surface area (Å²) < 4.78 is 59.3. The predicted molar refractivity (Wildman–Crippen MR) is 134 cm³/mol. The van der Waals surface area contributed by atoms with Gasteiger partial charge in [0, 0.05) is 17.3 Å². The van der Waals surface area contributed by atoms with E-state index in [9.17, 15) is 12.8 Å². The number of hydrogen-bond acceptors (Lipinski definition) is 7. The Morgan fingerprint density at radius 2 is 1.44 bits per heavy atom. The van der Waals surface area contributed by atoms with Crippen molar-refractivity contribution in [1.82, 2.24) is 4.98 Å². The van der Waals surface area contributed by atoms with Crippen LogP contribution in [0.3, 0.4) is 0 Å². The van der Waals surface area contributed by atoms with Gasteiger partial charge in [-0.3, -0.25) is 4.98 Å². The van der Waals surface area contributed by atoms with Crippen LogP contribution >= 0.6 is 0 Å². The monoisotopic (exact) mass is 509 g/mol. The van der Waals surface area contributed by atoms with Crippen LogP contribution in [0.5, 0.6) is 23.0 Å². The molecule has 4 aromatic rings. The second kappa shape index (κ2) is 10.7. The number of rotatable bonds is 9. The topological polar surface area (TPSA) is 83.9 Å². The zero-order valence-corrected chi connectivity index (χ0v) is 20.7. The number of methoxy groups -OCH3 is 2. The molecule has 7 nitrogen and oxygen atoms in total. The zero-order chi connectivity index (χ0) is 25.7. The Bertz CT molecular complexity index is 1460. The summed E-state index contributed by atoms with van der Waals surface area (Å²) in [6.07, 6.45) is 2.63. The Labute approximate surface area is 209 Å². The Hall–Kier alpha value is -4.11. The van der Waals surface area contributed by atoms with E-state index in [2.05, 4.69) is 4.98 Å². The highest BCUT2D eigenvalue weighted by Crippen LogP contribution is 2.42. The normalized spacial score (nSPS) is 11.1. The molecule has 0 atom stereocenters. The third-order valence-corrected chi connectivity index (χ3v) is 5.77. The van der Waals surface area contributed by atoms with Crippen molar-refractivity contribution in [2.45, 2.75) is 6.61 Å². The minimum Gasteiger partial charge on any atom is -0.496 e. The molecule has 9 heteroatoms. The highest BCUT2D eigenvalue weighted by molar-refractivity contribution is 7.86. The van der Waals surface area contributed by atoms with Crippen molar-refractivity contribution < 1.29 is 31.2 Å². The van der Waals surface area contributed by atoms with Crippen LogP contribution in [0.15, 0.2) is 79.0 Å². The van der Waals surface area contributed by atoms with E-state index in [-0.39, 0.29) is 18.1 Å². The van der Waals surface area contributed by atoms with Gasteiger partial charge in [-0.25, -0.2) is 4.39 Å². The van der Waals surface area contributed by atoms with Crippen LogP contribution in [-0.4, -0.2) is 33.9 Å². The first kappa shape index (κ1) is 25.0. The van der Waals surface area contributed by atoms with Crippen molar-refractivity contribution in [1.29, 1.82) is 0 Å². The molecule has 0 fully saturated rings. The SMILES string of the molecule is COc1cc(-c2ccc(OCc3ccccn3)c(F)c2)c(OC)cc1-c1ccc(OS(C)(=O)=O)cc1. The molecular weight excluding hydrogens is 485 g/mol. The summed E-state index contributed by atoms with van der Waals surface area (Å²) in [4.78, 5) is 4.17. The lowest BCUT2D eigenvalue weighted by Gasteiger charge is -2.16. The van der Waals surface area contributed by atoms with Gasteiger partial charge >= 0.3 is 10.1 Å². The quantitative estimate of drug-likeness (QED) is 0.276. The maximum absolute atomic E-state index is 14.9. The minimum atomic E-state index is -3.63. The third kappa shape index (κ3) is 5.92. The van der Waals surface area contributed by atoms with Gasteiger partial charge in [0.05, 0.1) is 26.2 Å². The van der Waals surface area contributed by atoms with E-state index in [0.717, 1.165) is 11.8 Å². The average molecular weight is 510 g/mol. The number of ether oxygens (including phenoxy) is 3. The number of hydrogen-bond donors (Lipinski definition) is 0. The Morgan fingerprint density at radius 1 is 0.806 bits per heavy atom. The molecular formula is C27H24FNO6S. The van der Waals surface area contributed by atoms with Crippen LogP contribution in [0, 0.1) is 5.82 Å². The molecule has 1 aromatic heterocycles. The molecule has 0 unspecified atom stereocenters. The van der Waals surface area contributed by atoms with E-state index in [1.807, 2.05) is 6.07 Å². The van der Waals surface area contributed by atoms with Crippen LogP contribution in [0.25, 0.3) is 22.3 Å². The molecule has 0 N–H and O–H groups in total. The molecule has 36 heavy (non-hydrogen) atoms. The molecule has 4 rings (SSSR count). The summed E-state index contributed by atoms with van der Waals surface area (Å²) >= 11 is 0. The summed E-state index contributed by atoms with van der Waals surface area (Å²) in [7, 11) is -0.567. The summed E-state index contributed by atoms with van der Waals surface area (Å²) in [5.41, 5.74) is 3.36. The van der Waals surface area contributed by atoms with Gasteiger partial charge in [-0.1, -0.05) is 24.3 Å². The highest BCUT2D eigenvalue weighted by atomic mass is 32.2. The molecule has 0 amide bonds. The van der Waals surface area contributed by atoms with Crippen LogP contribution in [0.4, 0.5) is 4.39 Å². The van der Waals surface area contributed by atoms with Gasteiger partial charge in [-0.15, -0.1) is 0 Å². The van der Waals surface area contributed by atoms with E-state index < -0.39 is 15.9 Å². The number of aromatic nitrogens is 1. The first-order chi connectivity index (χ1) is 17.3. The number of halogens is 1. The fourth-order valence-electron chi connectivity index (χ4n) is 3.63. The maximum Gasteiger partial charge on any atom is 0.306 e. The molecule has 0 aliphatic rings. The van der Waals surface area contributed by atoms with Crippen LogP contribution in [0.1, 0.15) is 5.69 Å². The minimum absolute atomic E-state index is 0.114. The van der Waals surface area contributed by atoms with E-state index in [4.69, 9.17) is 18.4 Å². The smallest absolute Gasteiger partial charge is 0.306 e. The molecule has 0 saturated heterocycles. The van der Waals surface area contributed by atoms with Gasteiger partial charge in [-0.05, 0) is 59.7 Å². The van der Waals surface area contributed by atoms with Crippen LogP contribution in [0.2, 0.25) is 0 Å². The summed E-state index contributed by atoms with van der Waals surface area (Å²) in [6.45, 7) is 0.150. The van der Waals surface area contributed by atoms with E-state index in [1.165, 1.54) is 20.3 Å². The number of benzene rings is 3. The second-order valence-corrected chi connectivity index (χ2v) is 9.39. The molecule has 186 valence electrons. The second-order valence-electron chi connectivity index (χ2n) is 7.82. The molecule has 3 aromatic carbocycles. The fourth-order valence-corrected chi connectivity index (χ4v) is 4.10. The molecule has 0 aliphatic heterocycles. The standard InChI is InChI=1S/C27H24FNO6S/c1-32-26-16-23(19-9-12-25(24(28)14-19)34-17-20-6-4-5-13-29-20)27(33-2)15-22(26)18-7-10-21(11-8-18)35-36(3,30)31/h4-16H,17H2,1-3H3. The van der Waals surface area contributed by atoms with E-state index in [1.54, 1.807) is 66.9 Å². The summed E-state index contributed by atoms with van der Waals surface area (Å²) in [6, 6.07) is 20.2. The van der Waals surface area contributed by atoms with Crippen LogP contribution < -0.4 is 18.4 Å². The largest absolute Gasteiger partial charge is 0.496 e. The average Bonchev–Trinajstić information content (AvgIpc) is 2.87. The first-order valence-electron chi connectivity index (χ1n) is 10.9. The Morgan fingerprint density at radius 3 is 2.00 bits per heavy atom. The van der Waals surface area contributed by atoms with Crippen molar-refractivity contribution in [2.75, 3.05) is 20.5 Å². The number of nitrogens with zero attached hydrogens (tertiary/aromatic N) is 1. The van der Waals surface area contributed by atoms with Gasteiger partial charge in [-0.2, -0.15) is 8.42 Å². The molecule has 0 saturated carbocycles. The molecule has 0 bridgehead atoms.